The zero-order valence-corrected chi connectivity index (χ0v) is 13.3. The van der Waals surface area contributed by atoms with E-state index in [4.69, 9.17) is 0 Å². The van der Waals surface area contributed by atoms with Crippen LogP contribution in [0.15, 0.2) is 18.3 Å². The molecule has 0 saturated heterocycles. The summed E-state index contributed by atoms with van der Waals surface area (Å²) in [7, 11) is 0. The van der Waals surface area contributed by atoms with E-state index in [2.05, 4.69) is 55.4 Å². The van der Waals surface area contributed by atoms with Gasteiger partial charge < -0.3 is 10.6 Å². The monoisotopic (exact) mass is 275 g/mol. The van der Waals surface area contributed by atoms with E-state index in [-0.39, 0.29) is 0 Å². The summed E-state index contributed by atoms with van der Waals surface area (Å²) < 4.78 is 0. The second-order valence-corrected chi connectivity index (χ2v) is 6.72. The lowest BCUT2D eigenvalue weighted by atomic mass is 9.85. The Morgan fingerprint density at radius 1 is 1.20 bits per heavy atom. The van der Waals surface area contributed by atoms with Gasteiger partial charge in [0.05, 0.1) is 5.69 Å². The zero-order valence-electron chi connectivity index (χ0n) is 13.3. The minimum atomic E-state index is 0.705. The second kappa shape index (κ2) is 7.07. The molecule has 3 heteroatoms. The highest BCUT2D eigenvalue weighted by atomic mass is 15.0. The van der Waals surface area contributed by atoms with E-state index in [1.54, 1.807) is 0 Å². The van der Waals surface area contributed by atoms with Crippen molar-refractivity contribution in [3.8, 4) is 0 Å². The van der Waals surface area contributed by atoms with Gasteiger partial charge in [0, 0.05) is 31.0 Å². The van der Waals surface area contributed by atoms with Crippen molar-refractivity contribution in [2.24, 2.45) is 17.8 Å². The molecule has 1 fully saturated rings. The van der Waals surface area contributed by atoms with Gasteiger partial charge in [0.1, 0.15) is 0 Å². The van der Waals surface area contributed by atoms with Crippen molar-refractivity contribution in [1.29, 1.82) is 0 Å². The SMILES string of the molecule is CC(C)C(CNc1ccnc(CNC2CC2)c1)C(C)C. The Morgan fingerprint density at radius 3 is 2.50 bits per heavy atom. The van der Waals surface area contributed by atoms with Crippen molar-refractivity contribution in [1.82, 2.24) is 10.3 Å². The standard InChI is InChI=1S/C17H29N3/c1-12(2)17(13(3)4)11-20-15-7-8-18-16(9-15)10-19-14-5-6-14/h7-9,12-14,17,19H,5-6,10-11H2,1-4H3,(H,18,20). The number of rotatable bonds is 8. The number of nitrogens with zero attached hydrogens (tertiary/aromatic N) is 1. The first-order chi connectivity index (χ1) is 9.56. The van der Waals surface area contributed by atoms with Crippen molar-refractivity contribution in [3.05, 3.63) is 24.0 Å². The van der Waals surface area contributed by atoms with Crippen molar-refractivity contribution in [3.63, 3.8) is 0 Å². The van der Waals surface area contributed by atoms with Crippen LogP contribution in [-0.2, 0) is 6.54 Å². The van der Waals surface area contributed by atoms with Crippen LogP contribution < -0.4 is 10.6 Å². The second-order valence-electron chi connectivity index (χ2n) is 6.72. The van der Waals surface area contributed by atoms with Gasteiger partial charge in [-0.15, -0.1) is 0 Å². The highest BCUT2D eigenvalue weighted by molar-refractivity contribution is 5.43. The summed E-state index contributed by atoms with van der Waals surface area (Å²) >= 11 is 0. The molecule has 20 heavy (non-hydrogen) atoms. The molecule has 1 aromatic heterocycles. The number of hydrogen-bond acceptors (Lipinski definition) is 3. The van der Waals surface area contributed by atoms with Gasteiger partial charge in [-0.05, 0) is 42.7 Å². The molecule has 2 N–H and O–H groups in total. The number of pyridine rings is 1. The van der Waals surface area contributed by atoms with Gasteiger partial charge in [-0.3, -0.25) is 4.98 Å². The van der Waals surface area contributed by atoms with Crippen LogP contribution in [0, 0.1) is 17.8 Å². The molecule has 3 nitrogen and oxygen atoms in total. The molecular weight excluding hydrogens is 246 g/mol. The summed E-state index contributed by atoms with van der Waals surface area (Å²) in [5.41, 5.74) is 2.33. The first-order valence-corrected chi connectivity index (χ1v) is 7.98. The normalized spacial score (nSPS) is 15.3. The van der Waals surface area contributed by atoms with E-state index >= 15 is 0 Å². The molecule has 1 aromatic rings. The van der Waals surface area contributed by atoms with Crippen LogP contribution in [0.1, 0.15) is 46.2 Å². The average molecular weight is 275 g/mol. The van der Waals surface area contributed by atoms with Crippen LogP contribution in [0.4, 0.5) is 5.69 Å². The van der Waals surface area contributed by atoms with E-state index in [0.29, 0.717) is 17.8 Å². The molecule has 2 rings (SSSR count). The van der Waals surface area contributed by atoms with Crippen molar-refractivity contribution in [2.75, 3.05) is 11.9 Å². The predicted molar refractivity (Wildman–Crippen MR) is 85.8 cm³/mol. The van der Waals surface area contributed by atoms with Gasteiger partial charge >= 0.3 is 0 Å². The van der Waals surface area contributed by atoms with Crippen LogP contribution in [-0.4, -0.2) is 17.6 Å². The highest BCUT2D eigenvalue weighted by Gasteiger charge is 2.20. The van der Waals surface area contributed by atoms with Crippen LogP contribution in [0.3, 0.4) is 0 Å². The minimum absolute atomic E-state index is 0.705. The fraction of sp³-hybridized carbons (Fsp3) is 0.706. The number of anilines is 1. The average Bonchev–Trinajstić information content (AvgIpc) is 3.20. The maximum absolute atomic E-state index is 4.43. The van der Waals surface area contributed by atoms with Crippen molar-refractivity contribution < 1.29 is 0 Å². The van der Waals surface area contributed by atoms with Crippen LogP contribution >= 0.6 is 0 Å². The van der Waals surface area contributed by atoms with E-state index in [9.17, 15) is 0 Å². The fourth-order valence-electron chi connectivity index (χ4n) is 2.70. The molecule has 1 heterocycles. The van der Waals surface area contributed by atoms with Crippen LogP contribution in [0.25, 0.3) is 0 Å². The topological polar surface area (TPSA) is 37.0 Å². The predicted octanol–water partition coefficient (Wildman–Crippen LogP) is 3.67. The van der Waals surface area contributed by atoms with Crippen molar-refractivity contribution >= 4 is 5.69 Å². The molecule has 112 valence electrons. The lowest BCUT2D eigenvalue weighted by Gasteiger charge is -2.25. The Bertz CT molecular complexity index is 402. The first kappa shape index (κ1) is 15.3. The Balaban J connectivity index is 1.86. The molecular formula is C17H29N3. The molecule has 0 bridgehead atoms. The molecule has 1 saturated carbocycles. The third kappa shape index (κ3) is 4.78. The summed E-state index contributed by atoms with van der Waals surface area (Å²) in [5, 5.41) is 7.09. The van der Waals surface area contributed by atoms with Crippen LogP contribution in [0.2, 0.25) is 0 Å². The molecule has 0 spiro atoms. The van der Waals surface area contributed by atoms with Gasteiger partial charge in [0.15, 0.2) is 0 Å². The molecule has 0 radical (unpaired) electrons. The fourth-order valence-corrected chi connectivity index (χ4v) is 2.70. The maximum atomic E-state index is 4.43. The molecule has 0 aromatic carbocycles. The third-order valence-electron chi connectivity index (χ3n) is 4.22. The Hall–Kier alpha value is -1.09. The minimum Gasteiger partial charge on any atom is -0.385 e. The first-order valence-electron chi connectivity index (χ1n) is 7.98. The van der Waals surface area contributed by atoms with Gasteiger partial charge in [0.2, 0.25) is 0 Å². The lowest BCUT2D eigenvalue weighted by molar-refractivity contribution is 0.304. The van der Waals surface area contributed by atoms with Gasteiger partial charge in [-0.1, -0.05) is 27.7 Å². The summed E-state index contributed by atoms with van der Waals surface area (Å²) in [6.45, 7) is 11.2. The van der Waals surface area contributed by atoms with Crippen molar-refractivity contribution in [2.45, 2.75) is 53.1 Å². The largest absolute Gasteiger partial charge is 0.385 e. The maximum Gasteiger partial charge on any atom is 0.0562 e. The Morgan fingerprint density at radius 2 is 1.90 bits per heavy atom. The molecule has 1 aliphatic carbocycles. The molecule has 0 unspecified atom stereocenters. The summed E-state index contributed by atoms with van der Waals surface area (Å²) in [4.78, 5) is 4.43. The van der Waals surface area contributed by atoms with Crippen LogP contribution in [0.5, 0.6) is 0 Å². The lowest BCUT2D eigenvalue weighted by Crippen LogP contribution is -2.24. The van der Waals surface area contributed by atoms with Gasteiger partial charge in [0.25, 0.3) is 0 Å². The quantitative estimate of drug-likeness (QED) is 0.760. The number of hydrogen-bond donors (Lipinski definition) is 2. The highest BCUT2D eigenvalue weighted by Crippen LogP contribution is 2.22. The zero-order chi connectivity index (χ0) is 14.5. The molecule has 0 amide bonds. The summed E-state index contributed by atoms with van der Waals surface area (Å²) in [6.07, 6.45) is 4.55. The van der Waals surface area contributed by atoms with E-state index in [1.165, 1.54) is 18.5 Å². The number of nitrogens with one attached hydrogen (secondary N) is 2. The van der Waals surface area contributed by atoms with Gasteiger partial charge in [-0.25, -0.2) is 0 Å². The van der Waals surface area contributed by atoms with E-state index in [1.807, 2.05) is 6.20 Å². The Labute approximate surface area is 123 Å². The van der Waals surface area contributed by atoms with Gasteiger partial charge in [-0.2, -0.15) is 0 Å². The smallest absolute Gasteiger partial charge is 0.0562 e. The summed E-state index contributed by atoms with van der Waals surface area (Å²) in [6, 6.07) is 4.98. The Kier molecular flexibility index (Phi) is 5.41. The third-order valence-corrected chi connectivity index (χ3v) is 4.22. The van der Waals surface area contributed by atoms with E-state index in [0.717, 1.165) is 24.8 Å². The molecule has 0 atom stereocenters. The molecule has 1 aliphatic rings. The number of aromatic nitrogens is 1. The van der Waals surface area contributed by atoms with E-state index < -0.39 is 0 Å². The summed E-state index contributed by atoms with van der Waals surface area (Å²) in [5.74, 6) is 2.12. The molecule has 0 aliphatic heterocycles.